The molecule has 0 aromatic heterocycles. The molecule has 2 aliphatic rings. The molecule has 1 aliphatic carbocycles. The van der Waals surface area contributed by atoms with Gasteiger partial charge in [-0.2, -0.15) is 0 Å². The van der Waals surface area contributed by atoms with E-state index in [9.17, 15) is 4.79 Å². The van der Waals surface area contributed by atoms with Crippen LogP contribution in [0.4, 0.5) is 0 Å². The van der Waals surface area contributed by atoms with E-state index in [2.05, 4.69) is 0 Å². The minimum absolute atomic E-state index is 0.115. The van der Waals surface area contributed by atoms with Crippen molar-refractivity contribution in [1.82, 2.24) is 0 Å². The average molecular weight is 285 g/mol. The largest absolute Gasteiger partial charge is 0.352 e. The summed E-state index contributed by atoms with van der Waals surface area (Å²) >= 11 is 6.02. The Kier molecular flexibility index (Phi) is 2.53. The molecule has 1 aliphatic heterocycles. The monoisotopic (exact) mass is 284 g/mol. The summed E-state index contributed by atoms with van der Waals surface area (Å²) in [5.74, 6) is 0.115. The molecule has 0 amide bonds. The third-order valence-electron chi connectivity index (χ3n) is 4.26. The molecule has 3 heteroatoms. The SMILES string of the molecule is O=C1c2ccccc2CC[C@]12O[C@H]2c1cccc(Cl)c1. The minimum atomic E-state index is -0.654. The van der Waals surface area contributed by atoms with E-state index in [1.807, 2.05) is 48.5 Å². The number of hydrogen-bond donors (Lipinski definition) is 0. The van der Waals surface area contributed by atoms with Crippen LogP contribution in [-0.2, 0) is 11.2 Å². The zero-order valence-corrected chi connectivity index (χ0v) is 11.6. The highest BCUT2D eigenvalue weighted by Gasteiger charge is 2.63. The average Bonchev–Trinajstić information content (AvgIpc) is 3.19. The van der Waals surface area contributed by atoms with E-state index in [1.165, 1.54) is 0 Å². The summed E-state index contributed by atoms with van der Waals surface area (Å²) in [7, 11) is 0. The molecule has 2 aromatic carbocycles. The Morgan fingerprint density at radius 3 is 2.85 bits per heavy atom. The number of hydrogen-bond acceptors (Lipinski definition) is 2. The van der Waals surface area contributed by atoms with Gasteiger partial charge in [-0.3, -0.25) is 4.79 Å². The lowest BCUT2D eigenvalue weighted by Gasteiger charge is -2.20. The molecular weight excluding hydrogens is 272 g/mol. The summed E-state index contributed by atoms with van der Waals surface area (Å²) in [5, 5.41) is 0.678. The standard InChI is InChI=1S/C17H13ClO2/c18-13-6-3-5-12(10-13)16-17(20-16)9-8-11-4-1-2-7-14(11)15(17)19/h1-7,10,16H,8-9H2/t16-,17-/m0/s1. The number of fused-ring (bicyclic) bond motifs is 1. The molecule has 20 heavy (non-hydrogen) atoms. The molecular formula is C17H13ClO2. The van der Waals surface area contributed by atoms with E-state index >= 15 is 0 Å². The highest BCUT2D eigenvalue weighted by molar-refractivity contribution is 6.30. The lowest BCUT2D eigenvalue weighted by Crippen LogP contribution is -2.31. The van der Waals surface area contributed by atoms with Crippen molar-refractivity contribution < 1.29 is 9.53 Å². The topological polar surface area (TPSA) is 29.6 Å². The van der Waals surface area contributed by atoms with Gasteiger partial charge in [-0.15, -0.1) is 0 Å². The second-order valence-electron chi connectivity index (χ2n) is 5.43. The summed E-state index contributed by atoms with van der Waals surface area (Å²) < 4.78 is 5.85. The summed E-state index contributed by atoms with van der Waals surface area (Å²) in [6.45, 7) is 0. The van der Waals surface area contributed by atoms with Crippen LogP contribution in [0.15, 0.2) is 48.5 Å². The molecule has 2 aromatic rings. The van der Waals surface area contributed by atoms with Crippen molar-refractivity contribution in [2.24, 2.45) is 0 Å². The van der Waals surface area contributed by atoms with Crippen molar-refractivity contribution in [2.75, 3.05) is 0 Å². The second kappa shape index (κ2) is 4.18. The molecule has 0 bridgehead atoms. The first-order valence-corrected chi connectivity index (χ1v) is 7.14. The number of Topliss-reactive ketones (excluding diaryl/α,β-unsaturated/α-hetero) is 1. The maximum atomic E-state index is 12.7. The molecule has 1 heterocycles. The molecule has 0 radical (unpaired) electrons. The zero-order valence-electron chi connectivity index (χ0n) is 10.8. The smallest absolute Gasteiger partial charge is 0.198 e. The first-order valence-electron chi connectivity index (χ1n) is 6.77. The summed E-state index contributed by atoms with van der Waals surface area (Å²) in [6.07, 6.45) is 1.49. The number of ketones is 1. The quantitative estimate of drug-likeness (QED) is 0.741. The van der Waals surface area contributed by atoms with Crippen LogP contribution in [0, 0.1) is 0 Å². The Labute approximate surface area is 122 Å². The lowest BCUT2D eigenvalue weighted by molar-refractivity contribution is 0.0850. The van der Waals surface area contributed by atoms with Crippen LogP contribution >= 0.6 is 11.6 Å². The first-order chi connectivity index (χ1) is 9.71. The number of aryl methyl sites for hydroxylation is 1. The van der Waals surface area contributed by atoms with E-state index in [1.54, 1.807) is 0 Å². The zero-order chi connectivity index (χ0) is 13.7. The summed E-state index contributed by atoms with van der Waals surface area (Å²) in [4.78, 5) is 12.7. The van der Waals surface area contributed by atoms with Gasteiger partial charge in [0.15, 0.2) is 11.4 Å². The number of carbonyl (C=O) groups is 1. The molecule has 0 saturated carbocycles. The van der Waals surface area contributed by atoms with Crippen molar-refractivity contribution in [3.05, 3.63) is 70.2 Å². The van der Waals surface area contributed by atoms with Crippen molar-refractivity contribution in [2.45, 2.75) is 24.5 Å². The van der Waals surface area contributed by atoms with Crippen molar-refractivity contribution in [1.29, 1.82) is 0 Å². The van der Waals surface area contributed by atoms with Gasteiger partial charge in [0, 0.05) is 10.6 Å². The van der Waals surface area contributed by atoms with Gasteiger partial charge < -0.3 is 4.74 Å². The van der Waals surface area contributed by atoms with Crippen LogP contribution in [0.3, 0.4) is 0 Å². The molecule has 1 saturated heterocycles. The third kappa shape index (κ3) is 1.65. The van der Waals surface area contributed by atoms with Gasteiger partial charge >= 0.3 is 0 Å². The molecule has 1 spiro atoms. The Hall–Kier alpha value is -1.64. The van der Waals surface area contributed by atoms with E-state index in [4.69, 9.17) is 16.3 Å². The number of ether oxygens (including phenoxy) is 1. The number of halogens is 1. The van der Waals surface area contributed by atoms with Crippen LogP contribution < -0.4 is 0 Å². The van der Waals surface area contributed by atoms with Gasteiger partial charge in [-0.25, -0.2) is 0 Å². The fraction of sp³-hybridized carbons (Fsp3) is 0.235. The lowest BCUT2D eigenvalue weighted by atomic mass is 9.79. The predicted molar refractivity (Wildman–Crippen MR) is 77.1 cm³/mol. The van der Waals surface area contributed by atoms with Crippen LogP contribution in [0.1, 0.15) is 34.0 Å². The molecule has 0 unspecified atom stereocenters. The van der Waals surface area contributed by atoms with Crippen LogP contribution in [0.5, 0.6) is 0 Å². The highest BCUT2D eigenvalue weighted by Crippen LogP contribution is 2.56. The Bertz CT molecular complexity index is 710. The molecule has 100 valence electrons. The van der Waals surface area contributed by atoms with Crippen LogP contribution in [0.25, 0.3) is 0 Å². The van der Waals surface area contributed by atoms with Gasteiger partial charge in [0.2, 0.25) is 0 Å². The van der Waals surface area contributed by atoms with Gasteiger partial charge in [-0.05, 0) is 36.1 Å². The van der Waals surface area contributed by atoms with E-state index in [0.29, 0.717) is 5.02 Å². The van der Waals surface area contributed by atoms with Crippen molar-refractivity contribution >= 4 is 17.4 Å². The Morgan fingerprint density at radius 1 is 1.15 bits per heavy atom. The molecule has 2 nitrogen and oxygen atoms in total. The van der Waals surface area contributed by atoms with Crippen LogP contribution in [-0.4, -0.2) is 11.4 Å². The van der Waals surface area contributed by atoms with Gasteiger partial charge in [0.25, 0.3) is 0 Å². The molecule has 0 N–H and O–H groups in total. The van der Waals surface area contributed by atoms with Gasteiger partial charge in [-0.1, -0.05) is 48.0 Å². The molecule has 2 atom stereocenters. The van der Waals surface area contributed by atoms with E-state index in [-0.39, 0.29) is 11.9 Å². The molecule has 1 fully saturated rings. The normalized spacial score (nSPS) is 27.4. The van der Waals surface area contributed by atoms with Crippen molar-refractivity contribution in [3.8, 4) is 0 Å². The first kappa shape index (κ1) is 12.1. The van der Waals surface area contributed by atoms with Gasteiger partial charge in [0.1, 0.15) is 6.10 Å². The minimum Gasteiger partial charge on any atom is -0.352 e. The maximum absolute atomic E-state index is 12.7. The highest BCUT2D eigenvalue weighted by atomic mass is 35.5. The third-order valence-corrected chi connectivity index (χ3v) is 4.49. The van der Waals surface area contributed by atoms with Crippen molar-refractivity contribution in [3.63, 3.8) is 0 Å². The summed E-state index contributed by atoms with van der Waals surface area (Å²) in [6, 6.07) is 15.4. The number of epoxide rings is 1. The number of rotatable bonds is 1. The fourth-order valence-electron chi connectivity index (χ4n) is 3.17. The predicted octanol–water partition coefficient (Wildman–Crippen LogP) is 3.98. The Morgan fingerprint density at radius 2 is 2.00 bits per heavy atom. The summed E-state index contributed by atoms with van der Waals surface area (Å²) in [5.41, 5.74) is 2.27. The Balaban J connectivity index is 1.71. The van der Waals surface area contributed by atoms with E-state index < -0.39 is 5.60 Å². The van der Waals surface area contributed by atoms with Gasteiger partial charge in [0.05, 0.1) is 0 Å². The number of benzene rings is 2. The second-order valence-corrected chi connectivity index (χ2v) is 5.87. The molecule has 4 rings (SSSR count). The maximum Gasteiger partial charge on any atom is 0.198 e. The number of carbonyl (C=O) groups excluding carboxylic acids is 1. The van der Waals surface area contributed by atoms with E-state index in [0.717, 1.165) is 29.5 Å². The fourth-order valence-corrected chi connectivity index (χ4v) is 3.37. The van der Waals surface area contributed by atoms with Crippen LogP contribution in [0.2, 0.25) is 5.02 Å².